The maximum absolute atomic E-state index is 5.43. The van der Waals surface area contributed by atoms with E-state index < -0.39 is 0 Å². The van der Waals surface area contributed by atoms with Crippen molar-refractivity contribution >= 4 is 5.95 Å². The van der Waals surface area contributed by atoms with Gasteiger partial charge in [-0.1, -0.05) is 13.3 Å². The molecular formula is C17H25N3O3. The van der Waals surface area contributed by atoms with Crippen molar-refractivity contribution in [3.8, 4) is 22.8 Å². The molecule has 0 atom stereocenters. The second-order valence-electron chi connectivity index (χ2n) is 5.51. The molecule has 2 heterocycles. The van der Waals surface area contributed by atoms with Gasteiger partial charge in [-0.3, -0.25) is 0 Å². The second kappa shape index (κ2) is 7.37. The van der Waals surface area contributed by atoms with Gasteiger partial charge in [0.05, 0.1) is 26.1 Å². The fourth-order valence-electron chi connectivity index (χ4n) is 2.93. The number of hydrogen-bond acceptors (Lipinski definition) is 4. The number of anilines is 1. The van der Waals surface area contributed by atoms with E-state index in [9.17, 15) is 0 Å². The van der Waals surface area contributed by atoms with Gasteiger partial charge in [-0.15, -0.1) is 0 Å². The molecule has 0 saturated heterocycles. The minimum atomic E-state index is 0. The monoisotopic (exact) mass is 319 g/mol. The van der Waals surface area contributed by atoms with E-state index in [-0.39, 0.29) is 5.48 Å². The highest BCUT2D eigenvalue weighted by atomic mass is 16.5. The molecule has 0 amide bonds. The van der Waals surface area contributed by atoms with Gasteiger partial charge in [-0.25, -0.2) is 4.98 Å². The average Bonchev–Trinajstić information content (AvgIpc) is 2.97. The molecule has 0 aliphatic carbocycles. The van der Waals surface area contributed by atoms with Crippen LogP contribution in [0.1, 0.15) is 25.3 Å². The average molecular weight is 319 g/mol. The number of nitrogens with one attached hydrogen (secondary N) is 1. The summed E-state index contributed by atoms with van der Waals surface area (Å²) >= 11 is 0. The number of rotatable bonds is 6. The molecule has 0 bridgehead atoms. The highest BCUT2D eigenvalue weighted by Gasteiger charge is 2.22. The fourth-order valence-corrected chi connectivity index (χ4v) is 2.93. The van der Waals surface area contributed by atoms with Gasteiger partial charge in [0.15, 0.2) is 11.5 Å². The van der Waals surface area contributed by atoms with Crippen LogP contribution >= 0.6 is 0 Å². The van der Waals surface area contributed by atoms with E-state index in [1.165, 1.54) is 17.5 Å². The summed E-state index contributed by atoms with van der Waals surface area (Å²) in [6.07, 6.45) is 5.25. The van der Waals surface area contributed by atoms with Gasteiger partial charge in [0.25, 0.3) is 0 Å². The Bertz CT molecular complexity index is 667. The van der Waals surface area contributed by atoms with Gasteiger partial charge >= 0.3 is 0 Å². The summed E-state index contributed by atoms with van der Waals surface area (Å²) < 4.78 is 13.1. The van der Waals surface area contributed by atoms with Crippen molar-refractivity contribution in [2.75, 3.05) is 26.1 Å². The van der Waals surface area contributed by atoms with Crippen molar-refractivity contribution in [1.82, 2.24) is 9.55 Å². The number of nitrogens with zero attached hydrogens (tertiary/aromatic N) is 2. The van der Waals surface area contributed by atoms with Crippen molar-refractivity contribution < 1.29 is 14.9 Å². The third-order valence-corrected chi connectivity index (χ3v) is 4.16. The van der Waals surface area contributed by atoms with Crippen LogP contribution < -0.4 is 14.8 Å². The van der Waals surface area contributed by atoms with Crippen LogP contribution in [0.4, 0.5) is 5.95 Å². The van der Waals surface area contributed by atoms with Crippen molar-refractivity contribution in [1.29, 1.82) is 0 Å². The normalized spacial score (nSPS) is 12.0. The van der Waals surface area contributed by atoms with E-state index in [2.05, 4.69) is 33.9 Å². The zero-order valence-corrected chi connectivity index (χ0v) is 14.0. The molecule has 3 N–H and O–H groups in total. The third kappa shape index (κ3) is 3.12. The lowest BCUT2D eigenvalue weighted by Crippen LogP contribution is -2.15. The van der Waals surface area contributed by atoms with Crippen molar-refractivity contribution in [2.45, 2.75) is 32.7 Å². The molecule has 6 nitrogen and oxygen atoms in total. The molecule has 1 aliphatic heterocycles. The van der Waals surface area contributed by atoms with Gasteiger partial charge in [0.1, 0.15) is 0 Å². The molecule has 126 valence electrons. The second-order valence-corrected chi connectivity index (χ2v) is 5.51. The smallest absolute Gasteiger partial charge is 0.203 e. The Morgan fingerprint density at radius 2 is 1.96 bits per heavy atom. The number of aryl methyl sites for hydroxylation is 1. The number of ether oxygens (including phenoxy) is 2. The van der Waals surface area contributed by atoms with E-state index in [1.54, 1.807) is 14.2 Å². The van der Waals surface area contributed by atoms with Gasteiger partial charge in [0.2, 0.25) is 5.95 Å². The maximum atomic E-state index is 5.43. The first-order valence-corrected chi connectivity index (χ1v) is 7.83. The summed E-state index contributed by atoms with van der Waals surface area (Å²) in [6, 6.07) is 4.13. The molecular weight excluding hydrogens is 294 g/mol. The Labute approximate surface area is 136 Å². The summed E-state index contributed by atoms with van der Waals surface area (Å²) in [5, 5.41) is 3.43. The molecule has 0 saturated carbocycles. The maximum Gasteiger partial charge on any atom is 0.203 e. The molecule has 0 spiro atoms. The number of benzene rings is 1. The number of imidazole rings is 1. The zero-order valence-electron chi connectivity index (χ0n) is 14.0. The summed E-state index contributed by atoms with van der Waals surface area (Å²) in [5.74, 6) is 2.51. The first-order valence-electron chi connectivity index (χ1n) is 7.83. The quantitative estimate of drug-likeness (QED) is 0.830. The number of hydrogen-bond donors (Lipinski definition) is 1. The van der Waals surface area contributed by atoms with Crippen LogP contribution in [0.2, 0.25) is 0 Å². The predicted octanol–water partition coefficient (Wildman–Crippen LogP) is 2.51. The standard InChI is InChI=1S/C17H23N3O2.H2O/c1-4-5-7-18-17-19-11-14-13-10-16(22-3)15(21-2)9-12(13)6-8-20(14)17;/h9-11H,4-8H2,1-3H3,(H,18,19);1H2. The van der Waals surface area contributed by atoms with Crippen LogP contribution in [0, 0.1) is 0 Å². The Kier molecular flexibility index (Phi) is 5.50. The Morgan fingerprint density at radius 3 is 2.65 bits per heavy atom. The Balaban J connectivity index is 0.00000192. The molecule has 0 fully saturated rings. The highest BCUT2D eigenvalue weighted by molar-refractivity contribution is 5.71. The lowest BCUT2D eigenvalue weighted by Gasteiger charge is -2.22. The third-order valence-electron chi connectivity index (χ3n) is 4.16. The summed E-state index contributed by atoms with van der Waals surface area (Å²) in [4.78, 5) is 4.55. The molecule has 2 aromatic rings. The summed E-state index contributed by atoms with van der Waals surface area (Å²) in [5.41, 5.74) is 3.60. The minimum absolute atomic E-state index is 0. The summed E-state index contributed by atoms with van der Waals surface area (Å²) in [6.45, 7) is 4.09. The molecule has 1 aromatic carbocycles. The van der Waals surface area contributed by atoms with Crippen molar-refractivity contribution in [3.05, 3.63) is 23.9 Å². The molecule has 1 aliphatic rings. The van der Waals surface area contributed by atoms with Crippen LogP contribution in [0.5, 0.6) is 11.5 Å². The van der Waals surface area contributed by atoms with Crippen LogP contribution in [0.15, 0.2) is 18.3 Å². The van der Waals surface area contributed by atoms with Crippen LogP contribution in [0.25, 0.3) is 11.3 Å². The SMILES string of the molecule is CCCCNc1ncc2n1CCc1cc(OC)c(OC)cc1-2.O. The number of aromatic nitrogens is 2. The predicted molar refractivity (Wildman–Crippen MR) is 91.5 cm³/mol. The van der Waals surface area contributed by atoms with Gasteiger partial charge < -0.3 is 24.8 Å². The van der Waals surface area contributed by atoms with Crippen LogP contribution in [0.3, 0.4) is 0 Å². The molecule has 23 heavy (non-hydrogen) atoms. The fraction of sp³-hybridized carbons (Fsp3) is 0.471. The summed E-state index contributed by atoms with van der Waals surface area (Å²) in [7, 11) is 3.34. The zero-order chi connectivity index (χ0) is 15.5. The minimum Gasteiger partial charge on any atom is -0.493 e. The van der Waals surface area contributed by atoms with E-state index in [0.717, 1.165) is 49.1 Å². The van der Waals surface area contributed by atoms with Crippen molar-refractivity contribution in [2.24, 2.45) is 0 Å². The van der Waals surface area contributed by atoms with E-state index in [1.807, 2.05) is 6.20 Å². The van der Waals surface area contributed by atoms with Crippen molar-refractivity contribution in [3.63, 3.8) is 0 Å². The first-order chi connectivity index (χ1) is 10.8. The van der Waals surface area contributed by atoms with E-state index in [4.69, 9.17) is 9.47 Å². The van der Waals surface area contributed by atoms with Gasteiger partial charge in [0, 0.05) is 18.7 Å². The molecule has 6 heteroatoms. The number of unbranched alkanes of at least 4 members (excludes halogenated alkanes) is 1. The largest absolute Gasteiger partial charge is 0.493 e. The number of fused-ring (bicyclic) bond motifs is 3. The van der Waals surface area contributed by atoms with Gasteiger partial charge in [-0.2, -0.15) is 0 Å². The molecule has 3 rings (SSSR count). The van der Waals surface area contributed by atoms with Gasteiger partial charge in [-0.05, 0) is 30.5 Å². The Morgan fingerprint density at radius 1 is 1.22 bits per heavy atom. The first kappa shape index (κ1) is 17.1. The lowest BCUT2D eigenvalue weighted by molar-refractivity contribution is 0.354. The topological polar surface area (TPSA) is 79.8 Å². The van der Waals surface area contributed by atoms with Crippen LogP contribution in [-0.2, 0) is 13.0 Å². The van der Waals surface area contributed by atoms with E-state index >= 15 is 0 Å². The number of methoxy groups -OCH3 is 2. The molecule has 0 radical (unpaired) electrons. The van der Waals surface area contributed by atoms with E-state index in [0.29, 0.717) is 0 Å². The lowest BCUT2D eigenvalue weighted by atomic mass is 9.98. The Hall–Kier alpha value is -2.21. The molecule has 1 aromatic heterocycles. The van der Waals surface area contributed by atoms with Crippen LogP contribution in [-0.4, -0.2) is 35.8 Å². The molecule has 0 unspecified atom stereocenters. The highest BCUT2D eigenvalue weighted by Crippen LogP contribution is 2.39.